The summed E-state index contributed by atoms with van der Waals surface area (Å²) in [6, 6.07) is 15.6. The molecule has 1 unspecified atom stereocenters. The van der Waals surface area contributed by atoms with Crippen molar-refractivity contribution in [2.75, 3.05) is 5.73 Å². The Morgan fingerprint density at radius 3 is 2.68 bits per heavy atom. The minimum atomic E-state index is -0.351. The lowest BCUT2D eigenvalue weighted by Gasteiger charge is -2.10. The standard InChI is InChI=1S/C19H19FN4O/c1-12(19(22)25)9-13-5-4-6-14(10-13)24-18(21)11-17(23-24)15-7-2-3-8-16(15)20/h2-8,10-12H,9,21H2,1H3,(H2,22,25). The van der Waals surface area contributed by atoms with Crippen molar-refractivity contribution in [2.24, 2.45) is 11.7 Å². The SMILES string of the molecule is CC(Cc1cccc(-n2nc(-c3ccccc3F)cc2N)c1)C(N)=O. The van der Waals surface area contributed by atoms with Gasteiger partial charge in [-0.2, -0.15) is 5.10 Å². The highest BCUT2D eigenvalue weighted by molar-refractivity contribution is 5.76. The Morgan fingerprint density at radius 2 is 1.96 bits per heavy atom. The van der Waals surface area contributed by atoms with Crippen LogP contribution in [0.5, 0.6) is 0 Å². The van der Waals surface area contributed by atoms with Crippen LogP contribution >= 0.6 is 0 Å². The molecule has 0 saturated carbocycles. The summed E-state index contributed by atoms with van der Waals surface area (Å²) < 4.78 is 15.5. The van der Waals surface area contributed by atoms with E-state index in [1.54, 1.807) is 35.9 Å². The van der Waals surface area contributed by atoms with Crippen LogP contribution in [0, 0.1) is 11.7 Å². The highest BCUT2D eigenvalue weighted by Crippen LogP contribution is 2.25. The number of amides is 1. The molecule has 3 rings (SSSR count). The van der Waals surface area contributed by atoms with Gasteiger partial charge < -0.3 is 11.5 Å². The fourth-order valence-corrected chi connectivity index (χ4v) is 2.67. The Morgan fingerprint density at radius 1 is 1.20 bits per heavy atom. The lowest BCUT2D eigenvalue weighted by Crippen LogP contribution is -2.22. The largest absolute Gasteiger partial charge is 0.384 e. The van der Waals surface area contributed by atoms with Gasteiger partial charge in [0.25, 0.3) is 0 Å². The van der Waals surface area contributed by atoms with Gasteiger partial charge in [-0.3, -0.25) is 4.79 Å². The minimum absolute atomic E-state index is 0.265. The molecule has 0 aliphatic heterocycles. The number of carbonyl (C=O) groups excluding carboxylic acids is 1. The van der Waals surface area contributed by atoms with Crippen LogP contribution in [0.3, 0.4) is 0 Å². The van der Waals surface area contributed by atoms with E-state index in [0.29, 0.717) is 23.5 Å². The maximum atomic E-state index is 14.0. The fraction of sp³-hybridized carbons (Fsp3) is 0.158. The third-order valence-electron chi connectivity index (χ3n) is 4.07. The molecule has 0 aliphatic carbocycles. The van der Waals surface area contributed by atoms with Crippen LogP contribution in [0.2, 0.25) is 0 Å². The summed E-state index contributed by atoms with van der Waals surface area (Å²) in [4.78, 5) is 11.3. The Balaban J connectivity index is 1.95. The predicted octanol–water partition coefficient (Wildman–Crippen LogP) is 2.92. The number of primary amides is 1. The van der Waals surface area contributed by atoms with Gasteiger partial charge in [0.1, 0.15) is 11.6 Å². The van der Waals surface area contributed by atoms with E-state index < -0.39 is 0 Å². The molecule has 4 N–H and O–H groups in total. The first-order chi connectivity index (χ1) is 12.0. The van der Waals surface area contributed by atoms with E-state index in [2.05, 4.69) is 5.10 Å². The monoisotopic (exact) mass is 338 g/mol. The van der Waals surface area contributed by atoms with Crippen molar-refractivity contribution in [3.05, 3.63) is 66.0 Å². The van der Waals surface area contributed by atoms with Gasteiger partial charge >= 0.3 is 0 Å². The van der Waals surface area contributed by atoms with Crippen LogP contribution in [-0.4, -0.2) is 15.7 Å². The topological polar surface area (TPSA) is 86.9 Å². The number of benzene rings is 2. The third kappa shape index (κ3) is 3.52. The lowest BCUT2D eigenvalue weighted by molar-refractivity contribution is -0.121. The van der Waals surface area contributed by atoms with E-state index in [9.17, 15) is 9.18 Å². The average Bonchev–Trinajstić information content (AvgIpc) is 2.97. The second kappa shape index (κ2) is 6.76. The van der Waals surface area contributed by atoms with Gasteiger partial charge in [-0.1, -0.05) is 31.2 Å². The van der Waals surface area contributed by atoms with Crippen LogP contribution in [-0.2, 0) is 11.2 Å². The molecule has 0 aliphatic rings. The number of hydrogen-bond donors (Lipinski definition) is 2. The molecule has 6 heteroatoms. The van der Waals surface area contributed by atoms with Gasteiger partial charge in [-0.05, 0) is 36.2 Å². The van der Waals surface area contributed by atoms with Crippen molar-refractivity contribution in [1.29, 1.82) is 0 Å². The first-order valence-corrected chi connectivity index (χ1v) is 7.95. The van der Waals surface area contributed by atoms with Crippen LogP contribution < -0.4 is 11.5 Å². The molecule has 1 atom stereocenters. The molecule has 0 bridgehead atoms. The molecular formula is C19H19FN4O. The van der Waals surface area contributed by atoms with Gasteiger partial charge in [0.15, 0.2) is 0 Å². The van der Waals surface area contributed by atoms with E-state index in [1.165, 1.54) is 6.07 Å². The highest BCUT2D eigenvalue weighted by Gasteiger charge is 2.14. The molecule has 1 heterocycles. The summed E-state index contributed by atoms with van der Waals surface area (Å²) in [5, 5.41) is 4.43. The quantitative estimate of drug-likeness (QED) is 0.750. The molecule has 5 nitrogen and oxygen atoms in total. The first kappa shape index (κ1) is 16.7. The lowest BCUT2D eigenvalue weighted by atomic mass is 10.0. The molecule has 0 saturated heterocycles. The van der Waals surface area contributed by atoms with Gasteiger partial charge in [-0.15, -0.1) is 0 Å². The molecule has 3 aromatic rings. The number of nitrogens with zero attached hydrogens (tertiary/aromatic N) is 2. The summed E-state index contributed by atoms with van der Waals surface area (Å²) in [7, 11) is 0. The molecule has 25 heavy (non-hydrogen) atoms. The zero-order valence-electron chi connectivity index (χ0n) is 13.8. The zero-order valence-corrected chi connectivity index (χ0v) is 13.8. The highest BCUT2D eigenvalue weighted by atomic mass is 19.1. The van der Waals surface area contributed by atoms with Gasteiger partial charge in [0.05, 0.1) is 11.4 Å². The zero-order chi connectivity index (χ0) is 18.0. The van der Waals surface area contributed by atoms with Crippen molar-refractivity contribution in [2.45, 2.75) is 13.3 Å². The number of nitrogens with two attached hydrogens (primary N) is 2. The summed E-state index contributed by atoms with van der Waals surface area (Å²) in [6.07, 6.45) is 0.532. The van der Waals surface area contributed by atoms with Crippen LogP contribution in [0.15, 0.2) is 54.6 Å². The Bertz CT molecular complexity index is 919. The smallest absolute Gasteiger partial charge is 0.220 e. The molecule has 2 aromatic carbocycles. The average molecular weight is 338 g/mol. The van der Waals surface area contributed by atoms with Gasteiger partial charge in [0.2, 0.25) is 5.91 Å². The van der Waals surface area contributed by atoms with Gasteiger partial charge in [0, 0.05) is 17.5 Å². The Labute approximate surface area is 145 Å². The Kier molecular flexibility index (Phi) is 4.52. The number of aromatic nitrogens is 2. The number of hydrogen-bond acceptors (Lipinski definition) is 3. The summed E-state index contributed by atoms with van der Waals surface area (Å²) in [6.45, 7) is 1.79. The van der Waals surface area contributed by atoms with Crippen molar-refractivity contribution >= 4 is 11.7 Å². The van der Waals surface area contributed by atoms with E-state index >= 15 is 0 Å². The number of anilines is 1. The van der Waals surface area contributed by atoms with Gasteiger partial charge in [-0.25, -0.2) is 9.07 Å². The molecule has 1 amide bonds. The molecule has 0 spiro atoms. The molecule has 0 radical (unpaired) electrons. The maximum Gasteiger partial charge on any atom is 0.220 e. The van der Waals surface area contributed by atoms with Crippen molar-refractivity contribution in [1.82, 2.24) is 9.78 Å². The van der Waals surface area contributed by atoms with E-state index in [-0.39, 0.29) is 17.6 Å². The van der Waals surface area contributed by atoms with E-state index in [4.69, 9.17) is 11.5 Å². The summed E-state index contributed by atoms with van der Waals surface area (Å²) in [5.74, 6) is -0.556. The second-order valence-corrected chi connectivity index (χ2v) is 6.02. The predicted molar refractivity (Wildman–Crippen MR) is 95.4 cm³/mol. The van der Waals surface area contributed by atoms with Crippen LogP contribution in [0.1, 0.15) is 12.5 Å². The maximum absolute atomic E-state index is 14.0. The number of rotatable bonds is 5. The molecule has 0 fully saturated rings. The normalized spacial score (nSPS) is 12.1. The summed E-state index contributed by atoms with van der Waals surface area (Å²) in [5.41, 5.74) is 13.9. The fourth-order valence-electron chi connectivity index (χ4n) is 2.67. The number of nitrogen functional groups attached to an aromatic ring is 1. The summed E-state index contributed by atoms with van der Waals surface area (Å²) >= 11 is 0. The minimum Gasteiger partial charge on any atom is -0.384 e. The third-order valence-corrected chi connectivity index (χ3v) is 4.07. The molecular weight excluding hydrogens is 319 g/mol. The molecule has 128 valence electrons. The number of carbonyl (C=O) groups is 1. The van der Waals surface area contributed by atoms with Crippen LogP contribution in [0.4, 0.5) is 10.2 Å². The van der Waals surface area contributed by atoms with Crippen molar-refractivity contribution in [3.63, 3.8) is 0 Å². The van der Waals surface area contributed by atoms with E-state index in [0.717, 1.165) is 11.3 Å². The Hall–Kier alpha value is -3.15. The van der Waals surface area contributed by atoms with E-state index in [1.807, 2.05) is 24.3 Å². The van der Waals surface area contributed by atoms with Crippen molar-refractivity contribution < 1.29 is 9.18 Å². The van der Waals surface area contributed by atoms with Crippen LogP contribution in [0.25, 0.3) is 16.9 Å². The second-order valence-electron chi connectivity index (χ2n) is 6.02. The number of halogens is 1. The van der Waals surface area contributed by atoms with Crippen molar-refractivity contribution in [3.8, 4) is 16.9 Å². The molecule has 1 aromatic heterocycles. The first-order valence-electron chi connectivity index (χ1n) is 7.95.